The summed E-state index contributed by atoms with van der Waals surface area (Å²) in [6.45, 7) is 4.78. The second kappa shape index (κ2) is 5.77. The first kappa shape index (κ1) is 12.0. The van der Waals surface area contributed by atoms with Gasteiger partial charge in [-0.05, 0) is 37.6 Å². The van der Waals surface area contributed by atoms with Gasteiger partial charge in [0.1, 0.15) is 0 Å². The first-order chi connectivity index (χ1) is 8.31. The van der Waals surface area contributed by atoms with Crippen LogP contribution in [0.5, 0.6) is 0 Å². The van der Waals surface area contributed by atoms with Crippen molar-refractivity contribution < 1.29 is 4.79 Å². The highest BCUT2D eigenvalue weighted by atomic mass is 16.2. The topological polar surface area (TPSA) is 45.2 Å². The van der Waals surface area contributed by atoms with Crippen LogP contribution in [0.4, 0.5) is 0 Å². The Labute approximate surface area is 102 Å². The van der Waals surface area contributed by atoms with Gasteiger partial charge in [0, 0.05) is 31.5 Å². The largest absolute Gasteiger partial charge is 0.338 e. The van der Waals surface area contributed by atoms with Crippen LogP contribution in [0.25, 0.3) is 0 Å². The van der Waals surface area contributed by atoms with Crippen LogP contribution in [0.1, 0.15) is 18.9 Å². The van der Waals surface area contributed by atoms with Gasteiger partial charge in [-0.25, -0.2) is 0 Å². The van der Waals surface area contributed by atoms with Crippen molar-refractivity contribution in [3.05, 3.63) is 30.1 Å². The van der Waals surface area contributed by atoms with Crippen LogP contribution >= 0.6 is 0 Å². The van der Waals surface area contributed by atoms with E-state index in [1.807, 2.05) is 24.0 Å². The molecule has 1 saturated heterocycles. The molecule has 2 heterocycles. The average Bonchev–Trinajstić information content (AvgIpc) is 2.85. The van der Waals surface area contributed by atoms with E-state index in [1.54, 1.807) is 12.4 Å². The maximum absolute atomic E-state index is 12.2. The van der Waals surface area contributed by atoms with Gasteiger partial charge in [0.25, 0.3) is 0 Å². The molecule has 1 aromatic heterocycles. The summed E-state index contributed by atoms with van der Waals surface area (Å²) in [5.74, 6) is 0.215. The maximum atomic E-state index is 12.2. The lowest BCUT2D eigenvalue weighted by molar-refractivity contribution is -0.132. The van der Waals surface area contributed by atoms with Gasteiger partial charge >= 0.3 is 0 Å². The molecule has 1 aromatic rings. The van der Waals surface area contributed by atoms with E-state index in [9.17, 15) is 4.79 Å². The van der Waals surface area contributed by atoms with Gasteiger partial charge in [0.05, 0.1) is 6.42 Å². The molecule has 1 aliphatic rings. The Kier molecular flexibility index (Phi) is 4.09. The summed E-state index contributed by atoms with van der Waals surface area (Å²) in [6.07, 6.45) is 5.01. The smallest absolute Gasteiger partial charge is 0.227 e. The summed E-state index contributed by atoms with van der Waals surface area (Å²) >= 11 is 0. The summed E-state index contributed by atoms with van der Waals surface area (Å²) in [4.78, 5) is 18.2. The van der Waals surface area contributed by atoms with Crippen LogP contribution < -0.4 is 5.32 Å². The van der Waals surface area contributed by atoms with Crippen LogP contribution in [0.2, 0.25) is 0 Å². The van der Waals surface area contributed by atoms with E-state index >= 15 is 0 Å². The number of likely N-dealkylation sites (N-methyl/N-ethyl adjacent to an activating group) is 1. The van der Waals surface area contributed by atoms with Gasteiger partial charge in [-0.3, -0.25) is 9.78 Å². The minimum absolute atomic E-state index is 0.215. The van der Waals surface area contributed by atoms with Crippen molar-refractivity contribution >= 4 is 5.91 Å². The first-order valence-electron chi connectivity index (χ1n) is 6.20. The normalized spacial score (nSPS) is 19.2. The van der Waals surface area contributed by atoms with Gasteiger partial charge < -0.3 is 10.2 Å². The highest BCUT2D eigenvalue weighted by Crippen LogP contribution is 2.11. The molecular formula is C13H19N3O. The third kappa shape index (κ3) is 3.03. The summed E-state index contributed by atoms with van der Waals surface area (Å²) in [7, 11) is 0. The molecular weight excluding hydrogens is 214 g/mol. The molecule has 4 nitrogen and oxygen atoms in total. The molecule has 4 heteroatoms. The molecule has 1 aliphatic heterocycles. The van der Waals surface area contributed by atoms with E-state index in [1.165, 1.54) is 0 Å². The van der Waals surface area contributed by atoms with E-state index in [0.29, 0.717) is 12.5 Å². The summed E-state index contributed by atoms with van der Waals surface area (Å²) in [5, 5.41) is 3.30. The summed E-state index contributed by atoms with van der Waals surface area (Å²) < 4.78 is 0. The fourth-order valence-corrected chi connectivity index (χ4v) is 2.32. The molecule has 17 heavy (non-hydrogen) atoms. The molecule has 1 atom stereocenters. The van der Waals surface area contributed by atoms with Gasteiger partial charge in [-0.15, -0.1) is 0 Å². The van der Waals surface area contributed by atoms with E-state index in [4.69, 9.17) is 0 Å². The van der Waals surface area contributed by atoms with Crippen molar-refractivity contribution in [3.63, 3.8) is 0 Å². The third-order valence-corrected chi connectivity index (χ3v) is 3.24. The predicted octanol–water partition coefficient (Wildman–Crippen LogP) is 0.834. The van der Waals surface area contributed by atoms with Gasteiger partial charge in [-0.2, -0.15) is 0 Å². The molecule has 0 saturated carbocycles. The average molecular weight is 233 g/mol. The van der Waals surface area contributed by atoms with E-state index in [2.05, 4.69) is 10.3 Å². The summed E-state index contributed by atoms with van der Waals surface area (Å²) in [5.41, 5.74) is 1.04. The molecule has 2 rings (SSSR count). The van der Waals surface area contributed by atoms with Crippen molar-refractivity contribution in [1.29, 1.82) is 0 Å². The molecule has 0 bridgehead atoms. The van der Waals surface area contributed by atoms with Crippen molar-refractivity contribution in [2.75, 3.05) is 19.6 Å². The fourth-order valence-electron chi connectivity index (χ4n) is 2.32. The fraction of sp³-hybridized carbons (Fsp3) is 0.538. The van der Waals surface area contributed by atoms with Crippen molar-refractivity contribution in [1.82, 2.24) is 15.2 Å². The van der Waals surface area contributed by atoms with Crippen molar-refractivity contribution in [3.8, 4) is 0 Å². The zero-order valence-electron chi connectivity index (χ0n) is 10.2. The van der Waals surface area contributed by atoms with Crippen LogP contribution in [-0.2, 0) is 11.2 Å². The number of carbonyl (C=O) groups excluding carboxylic acids is 1. The lowest BCUT2D eigenvalue weighted by Gasteiger charge is -2.27. The van der Waals surface area contributed by atoms with E-state index in [-0.39, 0.29) is 5.91 Å². The number of pyridine rings is 1. The molecule has 1 amide bonds. The van der Waals surface area contributed by atoms with Crippen molar-refractivity contribution in [2.45, 2.75) is 25.8 Å². The quantitative estimate of drug-likeness (QED) is 0.838. The number of hydrogen-bond acceptors (Lipinski definition) is 3. The highest BCUT2D eigenvalue weighted by Gasteiger charge is 2.24. The summed E-state index contributed by atoms with van der Waals surface area (Å²) in [6, 6.07) is 4.17. The Morgan fingerprint density at radius 3 is 2.88 bits per heavy atom. The number of nitrogens with one attached hydrogen (secondary N) is 1. The van der Waals surface area contributed by atoms with Crippen molar-refractivity contribution in [2.24, 2.45) is 0 Å². The number of carbonyl (C=O) groups is 1. The van der Waals surface area contributed by atoms with Gasteiger partial charge in [0.2, 0.25) is 5.91 Å². The Morgan fingerprint density at radius 2 is 2.29 bits per heavy atom. The lowest BCUT2D eigenvalue weighted by atomic mass is 10.1. The number of amides is 1. The molecule has 1 N–H and O–H groups in total. The number of hydrogen-bond donors (Lipinski definition) is 1. The Bertz CT molecular complexity index is 360. The molecule has 0 aromatic carbocycles. The molecule has 0 radical (unpaired) electrons. The minimum Gasteiger partial charge on any atom is -0.338 e. The maximum Gasteiger partial charge on any atom is 0.227 e. The Hall–Kier alpha value is -1.42. The second-order valence-corrected chi connectivity index (χ2v) is 4.36. The van der Waals surface area contributed by atoms with Crippen LogP contribution in [0.15, 0.2) is 24.5 Å². The zero-order chi connectivity index (χ0) is 12.1. The van der Waals surface area contributed by atoms with E-state index < -0.39 is 0 Å². The van der Waals surface area contributed by atoms with Gasteiger partial charge in [0.15, 0.2) is 0 Å². The number of nitrogens with zero attached hydrogens (tertiary/aromatic N) is 2. The molecule has 92 valence electrons. The standard InChI is InChI=1S/C13H19N3O/c1-2-16(12-5-8-15-10-12)13(17)9-11-3-6-14-7-4-11/h3-4,6-7,12,15H,2,5,8-10H2,1H3. The SMILES string of the molecule is CCN(C(=O)Cc1ccncc1)C1CCNC1. The van der Waals surface area contributed by atoms with E-state index in [0.717, 1.165) is 31.6 Å². The monoisotopic (exact) mass is 233 g/mol. The zero-order valence-corrected chi connectivity index (χ0v) is 10.2. The second-order valence-electron chi connectivity index (χ2n) is 4.36. The predicted molar refractivity (Wildman–Crippen MR) is 66.6 cm³/mol. The Morgan fingerprint density at radius 1 is 1.53 bits per heavy atom. The first-order valence-corrected chi connectivity index (χ1v) is 6.20. The van der Waals surface area contributed by atoms with Crippen LogP contribution in [-0.4, -0.2) is 41.5 Å². The lowest BCUT2D eigenvalue weighted by Crippen LogP contribution is -2.42. The molecule has 0 aliphatic carbocycles. The number of aromatic nitrogens is 1. The van der Waals surface area contributed by atoms with Crippen LogP contribution in [0.3, 0.4) is 0 Å². The van der Waals surface area contributed by atoms with Crippen LogP contribution in [0, 0.1) is 0 Å². The highest BCUT2D eigenvalue weighted by molar-refractivity contribution is 5.79. The number of rotatable bonds is 4. The van der Waals surface area contributed by atoms with Gasteiger partial charge in [-0.1, -0.05) is 0 Å². The minimum atomic E-state index is 0.215. The Balaban J connectivity index is 1.97. The molecule has 1 unspecified atom stereocenters. The molecule has 0 spiro atoms. The molecule has 1 fully saturated rings. The third-order valence-electron chi connectivity index (χ3n) is 3.24.